The van der Waals surface area contributed by atoms with Crippen molar-refractivity contribution in [3.63, 3.8) is 0 Å². The normalized spacial score (nSPS) is 18.9. The fraction of sp³-hybridized carbons (Fsp3) is 0.300. The van der Waals surface area contributed by atoms with Gasteiger partial charge in [-0.2, -0.15) is 5.26 Å². The number of nitriles is 1. The molecular formula is C20H20FN3O2. The molecule has 6 heteroatoms. The van der Waals surface area contributed by atoms with E-state index in [1.807, 2.05) is 18.2 Å². The number of hydrogen-bond donors (Lipinski definition) is 2. The van der Waals surface area contributed by atoms with E-state index < -0.39 is 5.82 Å². The Morgan fingerprint density at radius 2 is 2.04 bits per heavy atom. The fourth-order valence-electron chi connectivity index (χ4n) is 3.02. The maximum absolute atomic E-state index is 13.5. The summed E-state index contributed by atoms with van der Waals surface area (Å²) in [5, 5.41) is 14.2. The molecule has 0 spiro atoms. The lowest BCUT2D eigenvalue weighted by atomic mass is 9.96. The number of amides is 2. The highest BCUT2D eigenvalue weighted by Gasteiger charge is 2.26. The van der Waals surface area contributed by atoms with Crippen LogP contribution in [-0.4, -0.2) is 25.3 Å². The van der Waals surface area contributed by atoms with Crippen molar-refractivity contribution in [1.82, 2.24) is 10.6 Å². The van der Waals surface area contributed by atoms with Gasteiger partial charge in [0.15, 0.2) is 0 Å². The number of carbonyl (C=O) groups excluding carboxylic acids is 1. The van der Waals surface area contributed by atoms with Crippen LogP contribution in [0.5, 0.6) is 0 Å². The molecule has 0 saturated carbocycles. The van der Waals surface area contributed by atoms with Crippen molar-refractivity contribution in [3.8, 4) is 6.07 Å². The first kappa shape index (κ1) is 17.9. The predicted octanol–water partition coefficient (Wildman–Crippen LogP) is 3.07. The first-order valence-electron chi connectivity index (χ1n) is 8.52. The Hall–Kier alpha value is -2.91. The summed E-state index contributed by atoms with van der Waals surface area (Å²) in [4.78, 5) is 11.9. The monoisotopic (exact) mass is 353 g/mol. The van der Waals surface area contributed by atoms with E-state index in [0.717, 1.165) is 6.42 Å². The van der Waals surface area contributed by atoms with Crippen LogP contribution in [-0.2, 0) is 11.3 Å². The highest BCUT2D eigenvalue weighted by Crippen LogP contribution is 2.28. The van der Waals surface area contributed by atoms with Gasteiger partial charge < -0.3 is 15.4 Å². The molecule has 0 bridgehead atoms. The molecule has 2 aromatic rings. The van der Waals surface area contributed by atoms with Crippen molar-refractivity contribution >= 4 is 6.03 Å². The predicted molar refractivity (Wildman–Crippen MR) is 94.9 cm³/mol. The average Bonchev–Trinajstić information content (AvgIpc) is 3.14. The van der Waals surface area contributed by atoms with Gasteiger partial charge in [-0.1, -0.05) is 36.4 Å². The van der Waals surface area contributed by atoms with Crippen molar-refractivity contribution in [2.24, 2.45) is 0 Å². The zero-order chi connectivity index (χ0) is 18.4. The molecule has 1 heterocycles. The Labute approximate surface area is 151 Å². The zero-order valence-corrected chi connectivity index (χ0v) is 14.2. The van der Waals surface area contributed by atoms with Crippen LogP contribution in [0.1, 0.15) is 29.0 Å². The maximum Gasteiger partial charge on any atom is 0.315 e. The minimum Gasteiger partial charge on any atom is -0.376 e. The molecule has 1 aliphatic heterocycles. The number of carbonyl (C=O) groups is 1. The van der Waals surface area contributed by atoms with Crippen molar-refractivity contribution in [2.75, 3.05) is 13.2 Å². The number of nitrogens with zero attached hydrogens (tertiary/aromatic N) is 1. The van der Waals surface area contributed by atoms with Crippen molar-refractivity contribution in [1.29, 1.82) is 5.26 Å². The maximum atomic E-state index is 13.5. The van der Waals surface area contributed by atoms with Crippen LogP contribution in [0.2, 0.25) is 0 Å². The van der Waals surface area contributed by atoms with Gasteiger partial charge >= 0.3 is 6.03 Å². The molecule has 0 aliphatic carbocycles. The van der Waals surface area contributed by atoms with E-state index in [4.69, 9.17) is 10.00 Å². The topological polar surface area (TPSA) is 74.2 Å². The molecule has 2 aromatic carbocycles. The van der Waals surface area contributed by atoms with Crippen LogP contribution in [0.3, 0.4) is 0 Å². The summed E-state index contributed by atoms with van der Waals surface area (Å²) >= 11 is 0. The van der Waals surface area contributed by atoms with Gasteiger partial charge in [-0.3, -0.25) is 0 Å². The van der Waals surface area contributed by atoms with Crippen molar-refractivity contribution in [2.45, 2.75) is 25.0 Å². The highest BCUT2D eigenvalue weighted by molar-refractivity contribution is 5.73. The number of benzene rings is 2. The fourth-order valence-corrected chi connectivity index (χ4v) is 3.02. The molecule has 1 aliphatic rings. The second-order valence-electron chi connectivity index (χ2n) is 6.29. The van der Waals surface area contributed by atoms with Crippen LogP contribution < -0.4 is 10.6 Å². The molecule has 134 valence electrons. The quantitative estimate of drug-likeness (QED) is 0.867. The third-order valence-electron chi connectivity index (χ3n) is 4.45. The molecule has 0 radical (unpaired) electrons. The van der Waals surface area contributed by atoms with Crippen LogP contribution in [0.25, 0.3) is 0 Å². The Bertz CT molecular complexity index is 804. The Morgan fingerprint density at radius 3 is 2.77 bits per heavy atom. The van der Waals surface area contributed by atoms with E-state index in [1.165, 1.54) is 17.7 Å². The molecule has 26 heavy (non-hydrogen) atoms. The van der Waals surface area contributed by atoms with E-state index in [1.54, 1.807) is 12.1 Å². The highest BCUT2D eigenvalue weighted by atomic mass is 19.1. The minimum atomic E-state index is -0.585. The molecular weight excluding hydrogens is 333 g/mol. The van der Waals surface area contributed by atoms with Crippen LogP contribution in [0.4, 0.5) is 9.18 Å². The third kappa shape index (κ3) is 4.58. The number of ether oxygens (including phenoxy) is 1. The molecule has 2 amide bonds. The lowest BCUT2D eigenvalue weighted by Crippen LogP contribution is -2.39. The van der Waals surface area contributed by atoms with Gasteiger partial charge in [0.2, 0.25) is 0 Å². The Balaban J connectivity index is 1.41. The van der Waals surface area contributed by atoms with E-state index in [2.05, 4.69) is 22.8 Å². The van der Waals surface area contributed by atoms with Gasteiger partial charge in [0.1, 0.15) is 11.9 Å². The van der Waals surface area contributed by atoms with Crippen LogP contribution in [0, 0.1) is 17.1 Å². The number of urea groups is 1. The summed E-state index contributed by atoms with van der Waals surface area (Å²) in [6.07, 6.45) is 0.851. The first-order chi connectivity index (χ1) is 12.7. The summed E-state index contributed by atoms with van der Waals surface area (Å²) in [6, 6.07) is 15.9. The zero-order valence-electron chi connectivity index (χ0n) is 14.2. The number of rotatable bonds is 5. The van der Waals surface area contributed by atoms with Gasteiger partial charge in [-0.25, -0.2) is 9.18 Å². The van der Waals surface area contributed by atoms with Crippen molar-refractivity contribution in [3.05, 3.63) is 71.0 Å². The minimum absolute atomic E-state index is 0.00967. The Morgan fingerprint density at radius 1 is 1.23 bits per heavy atom. The summed E-state index contributed by atoms with van der Waals surface area (Å²) in [5.41, 5.74) is 1.84. The van der Waals surface area contributed by atoms with Crippen molar-refractivity contribution < 1.29 is 13.9 Å². The molecule has 0 aromatic heterocycles. The molecule has 0 unspecified atom stereocenters. The summed E-state index contributed by atoms with van der Waals surface area (Å²) in [5.74, 6) is -0.230. The smallest absolute Gasteiger partial charge is 0.315 e. The molecule has 5 nitrogen and oxygen atoms in total. The largest absolute Gasteiger partial charge is 0.376 e. The van der Waals surface area contributed by atoms with E-state index in [-0.39, 0.29) is 24.2 Å². The lowest BCUT2D eigenvalue weighted by molar-refractivity contribution is 0.110. The number of hydrogen-bond acceptors (Lipinski definition) is 3. The molecule has 1 fully saturated rings. The van der Waals surface area contributed by atoms with Crippen LogP contribution in [0.15, 0.2) is 48.5 Å². The Kier molecular flexibility index (Phi) is 5.82. The number of halogens is 1. The van der Waals surface area contributed by atoms with E-state index in [9.17, 15) is 9.18 Å². The second kappa shape index (κ2) is 8.45. The standard InChI is InChI=1S/C20H20FN3O2/c21-19-8-14(6-7-16(19)10-22)11-23-20(25)24-12-18-9-17(13-26-18)15-4-2-1-3-5-15/h1-8,17-18H,9,11-13H2,(H2,23,24,25)/t17-,18-/m0/s1. The molecule has 2 N–H and O–H groups in total. The van der Waals surface area contributed by atoms with E-state index >= 15 is 0 Å². The molecule has 1 saturated heterocycles. The summed E-state index contributed by atoms with van der Waals surface area (Å²) in [7, 11) is 0. The molecule has 2 atom stereocenters. The summed E-state index contributed by atoms with van der Waals surface area (Å²) in [6.45, 7) is 1.27. The molecule has 3 rings (SSSR count). The van der Waals surface area contributed by atoms with Gasteiger partial charge in [0.05, 0.1) is 18.3 Å². The average molecular weight is 353 g/mol. The van der Waals surface area contributed by atoms with Gasteiger partial charge in [0.25, 0.3) is 0 Å². The summed E-state index contributed by atoms with van der Waals surface area (Å²) < 4.78 is 19.3. The lowest BCUT2D eigenvalue weighted by Gasteiger charge is -2.12. The van der Waals surface area contributed by atoms with Gasteiger partial charge in [-0.15, -0.1) is 0 Å². The third-order valence-corrected chi connectivity index (χ3v) is 4.45. The van der Waals surface area contributed by atoms with Gasteiger partial charge in [0, 0.05) is 19.0 Å². The second-order valence-corrected chi connectivity index (χ2v) is 6.29. The first-order valence-corrected chi connectivity index (χ1v) is 8.52. The number of nitrogens with one attached hydrogen (secondary N) is 2. The van der Waals surface area contributed by atoms with Gasteiger partial charge in [-0.05, 0) is 29.7 Å². The SMILES string of the molecule is N#Cc1ccc(CNC(=O)NC[C@@H]2C[C@H](c3ccccc3)CO2)cc1F. The van der Waals surface area contributed by atoms with E-state index in [0.29, 0.717) is 24.6 Å². The van der Waals surface area contributed by atoms with Crippen LogP contribution >= 0.6 is 0 Å².